The number of hydrogen-bond donors (Lipinski definition) is 1. The van der Waals surface area contributed by atoms with Crippen LogP contribution in [0, 0.1) is 5.92 Å². The van der Waals surface area contributed by atoms with Gasteiger partial charge in [-0.15, -0.1) is 11.3 Å². The van der Waals surface area contributed by atoms with Gasteiger partial charge < -0.3 is 10.2 Å². The Hall–Kier alpha value is -1.13. The molecular weight excluding hydrogens is 232 g/mol. The van der Waals surface area contributed by atoms with Gasteiger partial charge in [-0.05, 0) is 43.5 Å². The first kappa shape index (κ1) is 12.3. The summed E-state index contributed by atoms with van der Waals surface area (Å²) in [6, 6.07) is 4.01. The van der Waals surface area contributed by atoms with Crippen LogP contribution in [0.1, 0.15) is 11.3 Å². The summed E-state index contributed by atoms with van der Waals surface area (Å²) in [4.78, 5) is 15.0. The van der Waals surface area contributed by atoms with Crippen LogP contribution >= 0.6 is 11.3 Å². The van der Waals surface area contributed by atoms with Crippen molar-refractivity contribution in [3.63, 3.8) is 0 Å². The third-order valence-electron chi connectivity index (χ3n) is 3.02. The van der Waals surface area contributed by atoms with Gasteiger partial charge in [-0.3, -0.25) is 4.79 Å². The second-order valence-electron chi connectivity index (χ2n) is 4.35. The summed E-state index contributed by atoms with van der Waals surface area (Å²) in [7, 11) is 1.96. The van der Waals surface area contributed by atoms with Crippen LogP contribution in [0.5, 0.6) is 0 Å². The molecule has 1 aromatic heterocycles. The fraction of sp³-hybridized carbons (Fsp3) is 0.462. The highest BCUT2D eigenvalue weighted by atomic mass is 32.1. The fourth-order valence-electron chi connectivity index (χ4n) is 2.13. The zero-order chi connectivity index (χ0) is 12.1. The average Bonchev–Trinajstić information content (AvgIpc) is 2.97. The van der Waals surface area contributed by atoms with Crippen molar-refractivity contribution < 1.29 is 4.79 Å². The third kappa shape index (κ3) is 3.41. The quantitative estimate of drug-likeness (QED) is 0.827. The Morgan fingerprint density at radius 1 is 1.71 bits per heavy atom. The van der Waals surface area contributed by atoms with E-state index in [0.717, 1.165) is 30.9 Å². The van der Waals surface area contributed by atoms with E-state index in [1.807, 2.05) is 35.5 Å². The van der Waals surface area contributed by atoms with E-state index in [1.165, 1.54) is 0 Å². The standard InChI is InChI=1S/C13H18N2OS/c1-14-9-11-6-7-15(10-11)13(16)5-4-12-3-2-8-17-12/h2-5,8,11,14H,6-7,9-10H2,1H3/b5-4+/t11-/m0/s1. The SMILES string of the molecule is CNC[C@@H]1CCN(C(=O)/C=C/c2cccs2)C1. The lowest BCUT2D eigenvalue weighted by atomic mass is 10.1. The van der Waals surface area contributed by atoms with Crippen LogP contribution in [0.15, 0.2) is 23.6 Å². The molecule has 2 rings (SSSR count). The summed E-state index contributed by atoms with van der Waals surface area (Å²) in [6.07, 6.45) is 4.70. The molecule has 2 heterocycles. The molecule has 1 aliphatic heterocycles. The van der Waals surface area contributed by atoms with E-state index >= 15 is 0 Å². The molecule has 17 heavy (non-hydrogen) atoms. The predicted octanol–water partition coefficient (Wildman–Crippen LogP) is 1.83. The van der Waals surface area contributed by atoms with Gasteiger partial charge in [0.15, 0.2) is 0 Å². The van der Waals surface area contributed by atoms with Crippen molar-refractivity contribution in [2.24, 2.45) is 5.92 Å². The van der Waals surface area contributed by atoms with Crippen LogP contribution in [0.25, 0.3) is 6.08 Å². The zero-order valence-corrected chi connectivity index (χ0v) is 10.9. The van der Waals surface area contributed by atoms with Gasteiger partial charge in [0.25, 0.3) is 0 Å². The number of carbonyl (C=O) groups excluding carboxylic acids is 1. The van der Waals surface area contributed by atoms with E-state index in [2.05, 4.69) is 5.32 Å². The van der Waals surface area contributed by atoms with Crippen molar-refractivity contribution in [2.75, 3.05) is 26.7 Å². The number of thiophene rings is 1. The van der Waals surface area contributed by atoms with E-state index in [-0.39, 0.29) is 5.91 Å². The summed E-state index contributed by atoms with van der Waals surface area (Å²) in [5, 5.41) is 5.19. The van der Waals surface area contributed by atoms with Crippen molar-refractivity contribution in [1.29, 1.82) is 0 Å². The predicted molar refractivity (Wildman–Crippen MR) is 72.0 cm³/mol. The molecule has 4 heteroatoms. The molecule has 0 radical (unpaired) electrons. The van der Waals surface area contributed by atoms with Gasteiger partial charge in [-0.2, -0.15) is 0 Å². The van der Waals surface area contributed by atoms with Crippen LogP contribution < -0.4 is 5.32 Å². The minimum absolute atomic E-state index is 0.136. The van der Waals surface area contributed by atoms with Gasteiger partial charge in [-0.1, -0.05) is 6.07 Å². The van der Waals surface area contributed by atoms with E-state index in [0.29, 0.717) is 5.92 Å². The maximum absolute atomic E-state index is 11.9. The largest absolute Gasteiger partial charge is 0.339 e. The van der Waals surface area contributed by atoms with Gasteiger partial charge in [0.05, 0.1) is 0 Å². The number of carbonyl (C=O) groups is 1. The molecule has 92 valence electrons. The topological polar surface area (TPSA) is 32.3 Å². The van der Waals surface area contributed by atoms with Gasteiger partial charge in [0, 0.05) is 24.0 Å². The number of amides is 1. The molecule has 0 aliphatic carbocycles. The maximum Gasteiger partial charge on any atom is 0.246 e. The van der Waals surface area contributed by atoms with E-state index in [4.69, 9.17) is 0 Å². The van der Waals surface area contributed by atoms with Gasteiger partial charge in [0.1, 0.15) is 0 Å². The highest BCUT2D eigenvalue weighted by molar-refractivity contribution is 7.10. The molecule has 1 amide bonds. The van der Waals surface area contributed by atoms with Crippen LogP contribution in [-0.4, -0.2) is 37.5 Å². The van der Waals surface area contributed by atoms with Crippen molar-refractivity contribution in [3.05, 3.63) is 28.5 Å². The van der Waals surface area contributed by atoms with Crippen LogP contribution in [0.3, 0.4) is 0 Å². The van der Waals surface area contributed by atoms with Gasteiger partial charge in [0.2, 0.25) is 5.91 Å². The number of nitrogens with zero attached hydrogens (tertiary/aromatic N) is 1. The smallest absolute Gasteiger partial charge is 0.246 e. The van der Waals surface area contributed by atoms with Crippen LogP contribution in [0.4, 0.5) is 0 Å². The molecule has 0 aromatic carbocycles. The summed E-state index contributed by atoms with van der Waals surface area (Å²) >= 11 is 1.65. The molecule has 1 saturated heterocycles. The summed E-state index contributed by atoms with van der Waals surface area (Å²) in [6.45, 7) is 2.77. The normalized spacial score (nSPS) is 20.3. The Balaban J connectivity index is 1.85. The number of likely N-dealkylation sites (tertiary alicyclic amines) is 1. The lowest BCUT2D eigenvalue weighted by Crippen LogP contribution is -2.28. The Kier molecular flexibility index (Phi) is 4.34. The van der Waals surface area contributed by atoms with Crippen molar-refractivity contribution in [2.45, 2.75) is 6.42 Å². The third-order valence-corrected chi connectivity index (χ3v) is 3.86. The van der Waals surface area contributed by atoms with Crippen molar-refractivity contribution in [3.8, 4) is 0 Å². The molecule has 0 saturated carbocycles. The van der Waals surface area contributed by atoms with Gasteiger partial charge >= 0.3 is 0 Å². The van der Waals surface area contributed by atoms with E-state index in [9.17, 15) is 4.79 Å². The second-order valence-corrected chi connectivity index (χ2v) is 5.32. The Morgan fingerprint density at radius 2 is 2.59 bits per heavy atom. The Labute approximate surface area is 106 Å². The van der Waals surface area contributed by atoms with Gasteiger partial charge in [-0.25, -0.2) is 0 Å². The molecule has 0 unspecified atom stereocenters. The van der Waals surface area contributed by atoms with E-state index < -0.39 is 0 Å². The highest BCUT2D eigenvalue weighted by Crippen LogP contribution is 2.16. The molecule has 1 aromatic rings. The van der Waals surface area contributed by atoms with Crippen molar-refractivity contribution >= 4 is 23.3 Å². The highest BCUT2D eigenvalue weighted by Gasteiger charge is 2.24. The number of nitrogens with one attached hydrogen (secondary N) is 1. The fourth-order valence-corrected chi connectivity index (χ4v) is 2.75. The molecule has 3 nitrogen and oxygen atoms in total. The van der Waals surface area contributed by atoms with E-state index in [1.54, 1.807) is 17.4 Å². The second kappa shape index (κ2) is 5.98. The molecule has 1 fully saturated rings. The monoisotopic (exact) mass is 250 g/mol. The summed E-state index contributed by atoms with van der Waals surface area (Å²) in [5.74, 6) is 0.746. The lowest BCUT2D eigenvalue weighted by Gasteiger charge is -2.14. The molecule has 1 atom stereocenters. The van der Waals surface area contributed by atoms with Crippen LogP contribution in [0.2, 0.25) is 0 Å². The first-order valence-electron chi connectivity index (χ1n) is 5.94. The van der Waals surface area contributed by atoms with Crippen molar-refractivity contribution in [1.82, 2.24) is 10.2 Å². The summed E-state index contributed by atoms with van der Waals surface area (Å²) in [5.41, 5.74) is 0. The first-order valence-corrected chi connectivity index (χ1v) is 6.82. The molecular formula is C13H18N2OS. The Morgan fingerprint density at radius 3 is 3.29 bits per heavy atom. The molecule has 1 N–H and O–H groups in total. The number of rotatable bonds is 4. The molecule has 1 aliphatic rings. The maximum atomic E-state index is 11.9. The molecule has 0 bridgehead atoms. The Bertz CT molecular complexity index is 386. The first-order chi connectivity index (χ1) is 8.29. The zero-order valence-electron chi connectivity index (χ0n) is 10.1. The molecule has 0 spiro atoms. The lowest BCUT2D eigenvalue weighted by molar-refractivity contribution is -0.125. The number of hydrogen-bond acceptors (Lipinski definition) is 3. The average molecular weight is 250 g/mol. The summed E-state index contributed by atoms with van der Waals surface area (Å²) < 4.78 is 0. The minimum Gasteiger partial charge on any atom is -0.339 e. The minimum atomic E-state index is 0.136. The van der Waals surface area contributed by atoms with Crippen LogP contribution in [-0.2, 0) is 4.79 Å².